The molecule has 0 amide bonds. The first-order valence-corrected chi connectivity index (χ1v) is 7.72. The highest BCUT2D eigenvalue weighted by molar-refractivity contribution is 5.79. The van der Waals surface area contributed by atoms with Crippen molar-refractivity contribution in [3.8, 4) is 0 Å². The maximum absolute atomic E-state index is 5.32. The van der Waals surface area contributed by atoms with Crippen molar-refractivity contribution in [3.63, 3.8) is 0 Å². The standard InChI is InChI=1S/C18H25N3O/c1-14-6-4-7-16(12-14)15(2)13-21-18(19-3)20-10-9-17-8-5-11-22-17/h4-8,11-12,15H,9-10,13H2,1-3H3,(H2,19,20,21). The van der Waals surface area contributed by atoms with Gasteiger partial charge < -0.3 is 15.1 Å². The number of hydrogen-bond acceptors (Lipinski definition) is 2. The highest BCUT2D eigenvalue weighted by atomic mass is 16.3. The molecule has 1 unspecified atom stereocenters. The van der Waals surface area contributed by atoms with Crippen molar-refractivity contribution in [3.05, 3.63) is 59.5 Å². The lowest BCUT2D eigenvalue weighted by Gasteiger charge is -2.16. The summed E-state index contributed by atoms with van der Waals surface area (Å²) in [6.07, 6.45) is 2.55. The summed E-state index contributed by atoms with van der Waals surface area (Å²) in [5.41, 5.74) is 2.64. The topological polar surface area (TPSA) is 49.6 Å². The first-order chi connectivity index (χ1) is 10.7. The molecule has 22 heavy (non-hydrogen) atoms. The molecule has 118 valence electrons. The Labute approximate surface area is 132 Å². The van der Waals surface area contributed by atoms with Crippen LogP contribution in [0.5, 0.6) is 0 Å². The summed E-state index contributed by atoms with van der Waals surface area (Å²) in [5, 5.41) is 6.68. The summed E-state index contributed by atoms with van der Waals surface area (Å²) >= 11 is 0. The Kier molecular flexibility index (Phi) is 6.07. The Morgan fingerprint density at radius 1 is 1.23 bits per heavy atom. The fraction of sp³-hybridized carbons (Fsp3) is 0.389. The molecule has 0 aliphatic heterocycles. The van der Waals surface area contributed by atoms with Crippen LogP contribution in [0.15, 0.2) is 52.1 Å². The first-order valence-electron chi connectivity index (χ1n) is 7.72. The number of hydrogen-bond donors (Lipinski definition) is 2. The van der Waals surface area contributed by atoms with E-state index in [1.165, 1.54) is 11.1 Å². The van der Waals surface area contributed by atoms with Gasteiger partial charge in [0.15, 0.2) is 5.96 Å². The molecule has 0 fully saturated rings. The highest BCUT2D eigenvalue weighted by Gasteiger charge is 2.07. The highest BCUT2D eigenvalue weighted by Crippen LogP contribution is 2.15. The van der Waals surface area contributed by atoms with Crippen LogP contribution in [0, 0.1) is 6.92 Å². The van der Waals surface area contributed by atoms with E-state index in [1.807, 2.05) is 12.1 Å². The van der Waals surface area contributed by atoms with Crippen LogP contribution in [0.4, 0.5) is 0 Å². The van der Waals surface area contributed by atoms with Gasteiger partial charge in [-0.05, 0) is 30.5 Å². The number of aryl methyl sites for hydroxylation is 1. The number of furan rings is 1. The largest absolute Gasteiger partial charge is 0.469 e. The quantitative estimate of drug-likeness (QED) is 0.636. The zero-order valence-corrected chi connectivity index (χ0v) is 13.6. The van der Waals surface area contributed by atoms with Crippen molar-refractivity contribution in [1.82, 2.24) is 10.6 Å². The molecule has 4 heteroatoms. The molecular formula is C18H25N3O. The van der Waals surface area contributed by atoms with E-state index in [2.05, 4.69) is 53.7 Å². The Hall–Kier alpha value is -2.23. The third-order valence-corrected chi connectivity index (χ3v) is 3.65. The maximum atomic E-state index is 5.32. The van der Waals surface area contributed by atoms with Gasteiger partial charge in [-0.25, -0.2) is 0 Å². The molecule has 1 atom stereocenters. The number of rotatable bonds is 6. The van der Waals surface area contributed by atoms with Gasteiger partial charge in [0.1, 0.15) is 5.76 Å². The number of nitrogens with one attached hydrogen (secondary N) is 2. The SMILES string of the molecule is CN=C(NCCc1ccco1)NCC(C)c1cccc(C)c1. The summed E-state index contributed by atoms with van der Waals surface area (Å²) in [4.78, 5) is 4.25. The van der Waals surface area contributed by atoms with Gasteiger partial charge in [-0.1, -0.05) is 36.8 Å². The maximum Gasteiger partial charge on any atom is 0.191 e. The van der Waals surface area contributed by atoms with E-state index in [4.69, 9.17) is 4.42 Å². The number of nitrogens with zero attached hydrogens (tertiary/aromatic N) is 1. The molecule has 2 rings (SSSR count). The number of benzene rings is 1. The van der Waals surface area contributed by atoms with Crippen LogP contribution < -0.4 is 10.6 Å². The van der Waals surface area contributed by atoms with Crippen LogP contribution >= 0.6 is 0 Å². The predicted octanol–water partition coefficient (Wildman–Crippen LogP) is 3.10. The van der Waals surface area contributed by atoms with E-state index >= 15 is 0 Å². The molecule has 0 radical (unpaired) electrons. The van der Waals surface area contributed by atoms with Gasteiger partial charge in [-0.2, -0.15) is 0 Å². The molecule has 1 aromatic heterocycles. The van der Waals surface area contributed by atoms with Crippen molar-refractivity contribution in [2.24, 2.45) is 4.99 Å². The molecular weight excluding hydrogens is 274 g/mol. The van der Waals surface area contributed by atoms with Gasteiger partial charge in [0.05, 0.1) is 6.26 Å². The zero-order chi connectivity index (χ0) is 15.8. The van der Waals surface area contributed by atoms with Gasteiger partial charge in [-0.15, -0.1) is 0 Å². The lowest BCUT2D eigenvalue weighted by Crippen LogP contribution is -2.39. The molecule has 0 spiro atoms. The van der Waals surface area contributed by atoms with Crippen molar-refractivity contribution < 1.29 is 4.42 Å². The summed E-state index contributed by atoms with van der Waals surface area (Å²) in [7, 11) is 1.79. The zero-order valence-electron chi connectivity index (χ0n) is 13.6. The normalized spacial score (nSPS) is 13.0. The Bertz CT molecular complexity index is 590. The molecule has 1 aromatic carbocycles. The second-order valence-corrected chi connectivity index (χ2v) is 5.52. The summed E-state index contributed by atoms with van der Waals surface area (Å²) in [6.45, 7) is 5.99. The van der Waals surface area contributed by atoms with E-state index in [9.17, 15) is 0 Å². The lowest BCUT2D eigenvalue weighted by atomic mass is 9.99. The Morgan fingerprint density at radius 3 is 2.77 bits per heavy atom. The molecule has 0 aliphatic rings. The van der Waals surface area contributed by atoms with Crippen LogP contribution in [0.1, 0.15) is 29.7 Å². The fourth-order valence-corrected chi connectivity index (χ4v) is 2.32. The molecule has 0 bridgehead atoms. The number of guanidine groups is 1. The number of aliphatic imine (C=N–C) groups is 1. The lowest BCUT2D eigenvalue weighted by molar-refractivity contribution is 0.506. The summed E-state index contributed by atoms with van der Waals surface area (Å²) < 4.78 is 5.32. The van der Waals surface area contributed by atoms with Crippen LogP contribution in [0.2, 0.25) is 0 Å². The molecule has 1 heterocycles. The van der Waals surface area contributed by atoms with Gasteiger partial charge in [-0.3, -0.25) is 4.99 Å². The smallest absolute Gasteiger partial charge is 0.191 e. The second kappa shape index (κ2) is 8.27. The van der Waals surface area contributed by atoms with Crippen molar-refractivity contribution >= 4 is 5.96 Å². The van der Waals surface area contributed by atoms with E-state index in [-0.39, 0.29) is 0 Å². The third kappa shape index (κ3) is 4.95. The molecule has 4 nitrogen and oxygen atoms in total. The first kappa shape index (κ1) is 16.1. The molecule has 2 aromatic rings. The average Bonchev–Trinajstić information content (AvgIpc) is 3.03. The van der Waals surface area contributed by atoms with E-state index < -0.39 is 0 Å². The van der Waals surface area contributed by atoms with Crippen molar-refractivity contribution in [2.45, 2.75) is 26.2 Å². The second-order valence-electron chi connectivity index (χ2n) is 5.52. The fourth-order valence-electron chi connectivity index (χ4n) is 2.32. The van der Waals surface area contributed by atoms with Gasteiger partial charge in [0, 0.05) is 26.6 Å². The van der Waals surface area contributed by atoms with Crippen LogP contribution in [-0.4, -0.2) is 26.1 Å². The molecule has 0 saturated heterocycles. The molecule has 2 N–H and O–H groups in total. The Morgan fingerprint density at radius 2 is 2.09 bits per heavy atom. The summed E-state index contributed by atoms with van der Waals surface area (Å²) in [5.74, 6) is 2.24. The van der Waals surface area contributed by atoms with Crippen molar-refractivity contribution in [2.75, 3.05) is 20.1 Å². The molecule has 0 saturated carbocycles. The van der Waals surface area contributed by atoms with Gasteiger partial charge in [0.2, 0.25) is 0 Å². The minimum atomic E-state index is 0.434. The average molecular weight is 299 g/mol. The van der Waals surface area contributed by atoms with Gasteiger partial charge in [0.25, 0.3) is 0 Å². The Balaban J connectivity index is 1.76. The van der Waals surface area contributed by atoms with Crippen LogP contribution in [-0.2, 0) is 6.42 Å². The van der Waals surface area contributed by atoms with Crippen LogP contribution in [0.25, 0.3) is 0 Å². The summed E-state index contributed by atoms with van der Waals surface area (Å²) in [6, 6.07) is 12.5. The molecule has 0 aliphatic carbocycles. The monoisotopic (exact) mass is 299 g/mol. The third-order valence-electron chi connectivity index (χ3n) is 3.65. The minimum Gasteiger partial charge on any atom is -0.469 e. The van der Waals surface area contributed by atoms with E-state index in [0.717, 1.165) is 31.2 Å². The van der Waals surface area contributed by atoms with Gasteiger partial charge >= 0.3 is 0 Å². The van der Waals surface area contributed by atoms with E-state index in [0.29, 0.717) is 5.92 Å². The van der Waals surface area contributed by atoms with E-state index in [1.54, 1.807) is 13.3 Å². The van der Waals surface area contributed by atoms with Crippen molar-refractivity contribution in [1.29, 1.82) is 0 Å². The minimum absolute atomic E-state index is 0.434. The van der Waals surface area contributed by atoms with Crippen LogP contribution in [0.3, 0.4) is 0 Å². The predicted molar refractivity (Wildman–Crippen MR) is 91.4 cm³/mol.